The molecule has 1 saturated heterocycles. The minimum absolute atomic E-state index is 0.0533. The summed E-state index contributed by atoms with van der Waals surface area (Å²) in [6.07, 6.45) is 1.91. The molecule has 112 valence electrons. The molecule has 5 nitrogen and oxygen atoms in total. The van der Waals surface area contributed by atoms with Crippen LogP contribution in [0, 0.1) is 11.3 Å². The third kappa shape index (κ3) is 4.85. The molecule has 2 N–H and O–H groups in total. The van der Waals surface area contributed by atoms with E-state index in [4.69, 9.17) is 5.26 Å². The Kier molecular flexibility index (Phi) is 4.94. The van der Waals surface area contributed by atoms with E-state index in [9.17, 15) is 9.90 Å². The van der Waals surface area contributed by atoms with E-state index < -0.39 is 5.60 Å². The Hall–Kier alpha value is -1.90. The van der Waals surface area contributed by atoms with Crippen LogP contribution in [0.3, 0.4) is 0 Å². The molecule has 0 aliphatic carbocycles. The highest BCUT2D eigenvalue weighted by Crippen LogP contribution is 2.21. The fourth-order valence-corrected chi connectivity index (χ4v) is 2.41. The van der Waals surface area contributed by atoms with Crippen molar-refractivity contribution >= 4 is 11.6 Å². The van der Waals surface area contributed by atoms with Crippen LogP contribution in [0.15, 0.2) is 24.3 Å². The number of aliphatic hydroxyl groups is 1. The van der Waals surface area contributed by atoms with Crippen molar-refractivity contribution in [2.75, 3.05) is 25.0 Å². The van der Waals surface area contributed by atoms with Gasteiger partial charge in [-0.15, -0.1) is 0 Å². The van der Waals surface area contributed by atoms with Crippen LogP contribution in [-0.2, 0) is 4.79 Å². The smallest absolute Gasteiger partial charge is 0.225 e. The van der Waals surface area contributed by atoms with Crippen LogP contribution in [0.1, 0.15) is 31.7 Å². The van der Waals surface area contributed by atoms with E-state index in [1.165, 1.54) is 0 Å². The summed E-state index contributed by atoms with van der Waals surface area (Å²) in [6, 6.07) is 8.94. The van der Waals surface area contributed by atoms with Gasteiger partial charge in [0.1, 0.15) is 0 Å². The molecule has 1 aromatic carbocycles. The van der Waals surface area contributed by atoms with E-state index in [0.29, 0.717) is 24.2 Å². The summed E-state index contributed by atoms with van der Waals surface area (Å²) in [6.45, 7) is 4.20. The number of likely N-dealkylation sites (tertiary alicyclic amines) is 1. The van der Waals surface area contributed by atoms with Crippen LogP contribution in [0.2, 0.25) is 0 Å². The second kappa shape index (κ2) is 6.70. The predicted molar refractivity (Wildman–Crippen MR) is 80.7 cm³/mol. The maximum atomic E-state index is 11.9. The van der Waals surface area contributed by atoms with Gasteiger partial charge in [-0.1, -0.05) is 6.07 Å². The second-order valence-corrected chi connectivity index (χ2v) is 5.83. The third-order valence-electron chi connectivity index (χ3n) is 3.86. The van der Waals surface area contributed by atoms with Crippen molar-refractivity contribution < 1.29 is 9.90 Å². The number of hydrogen-bond acceptors (Lipinski definition) is 4. The molecule has 0 unspecified atom stereocenters. The first-order valence-electron chi connectivity index (χ1n) is 7.23. The van der Waals surface area contributed by atoms with Crippen molar-refractivity contribution in [3.63, 3.8) is 0 Å². The number of amides is 1. The predicted octanol–water partition coefficient (Wildman–Crippen LogP) is 1.73. The standard InChI is InChI=1S/C16H21N3O2/c1-16(21)6-9-19(10-7-16)8-5-15(20)18-14-4-2-3-13(11-14)12-17/h2-4,11,21H,5-10H2,1H3,(H,18,20). The number of nitriles is 1. The number of rotatable bonds is 4. The van der Waals surface area contributed by atoms with Crippen LogP contribution in [-0.4, -0.2) is 41.1 Å². The molecule has 1 amide bonds. The monoisotopic (exact) mass is 287 g/mol. The van der Waals surface area contributed by atoms with Crippen molar-refractivity contribution in [2.24, 2.45) is 0 Å². The molecule has 5 heteroatoms. The maximum absolute atomic E-state index is 11.9. The number of piperidine rings is 1. The van der Waals surface area contributed by atoms with Gasteiger partial charge >= 0.3 is 0 Å². The van der Waals surface area contributed by atoms with Crippen molar-refractivity contribution in [1.82, 2.24) is 4.90 Å². The first-order chi connectivity index (χ1) is 9.98. The van der Waals surface area contributed by atoms with E-state index in [1.807, 2.05) is 13.0 Å². The minimum atomic E-state index is -0.559. The lowest BCUT2D eigenvalue weighted by Crippen LogP contribution is -2.43. The third-order valence-corrected chi connectivity index (χ3v) is 3.86. The van der Waals surface area contributed by atoms with E-state index >= 15 is 0 Å². The normalized spacial score (nSPS) is 18.0. The SMILES string of the molecule is CC1(O)CCN(CCC(=O)Nc2cccc(C#N)c2)CC1. The van der Waals surface area contributed by atoms with Gasteiger partial charge in [-0.3, -0.25) is 4.79 Å². The number of anilines is 1. The molecule has 0 bridgehead atoms. The van der Waals surface area contributed by atoms with Gasteiger partial charge in [0.2, 0.25) is 5.91 Å². The summed E-state index contributed by atoms with van der Waals surface area (Å²) < 4.78 is 0. The molecule has 0 aromatic heterocycles. The summed E-state index contributed by atoms with van der Waals surface area (Å²) >= 11 is 0. The lowest BCUT2D eigenvalue weighted by Gasteiger charge is -2.35. The maximum Gasteiger partial charge on any atom is 0.225 e. The number of nitrogens with zero attached hydrogens (tertiary/aromatic N) is 2. The topological polar surface area (TPSA) is 76.4 Å². The van der Waals surface area contributed by atoms with Crippen LogP contribution >= 0.6 is 0 Å². The Morgan fingerprint density at radius 3 is 2.86 bits per heavy atom. The minimum Gasteiger partial charge on any atom is -0.390 e. The lowest BCUT2D eigenvalue weighted by atomic mass is 9.94. The van der Waals surface area contributed by atoms with Crippen LogP contribution < -0.4 is 5.32 Å². The first-order valence-corrected chi connectivity index (χ1v) is 7.23. The highest BCUT2D eigenvalue weighted by atomic mass is 16.3. The summed E-state index contributed by atoms with van der Waals surface area (Å²) in [5, 5.41) is 21.5. The van der Waals surface area contributed by atoms with Gasteiger partial charge in [-0.2, -0.15) is 5.26 Å². The van der Waals surface area contributed by atoms with Crippen LogP contribution in [0.4, 0.5) is 5.69 Å². The second-order valence-electron chi connectivity index (χ2n) is 5.83. The lowest BCUT2D eigenvalue weighted by molar-refractivity contribution is -0.116. The van der Waals surface area contributed by atoms with Crippen molar-refractivity contribution in [1.29, 1.82) is 5.26 Å². The van der Waals surface area contributed by atoms with Gasteiger partial charge < -0.3 is 15.3 Å². The van der Waals surface area contributed by atoms with Gasteiger partial charge in [0.25, 0.3) is 0 Å². The quantitative estimate of drug-likeness (QED) is 0.884. The largest absolute Gasteiger partial charge is 0.390 e. The van der Waals surface area contributed by atoms with Crippen molar-refractivity contribution in [3.05, 3.63) is 29.8 Å². The van der Waals surface area contributed by atoms with Gasteiger partial charge in [-0.25, -0.2) is 0 Å². The van der Waals surface area contributed by atoms with E-state index in [2.05, 4.69) is 10.2 Å². The zero-order valence-electron chi connectivity index (χ0n) is 12.3. The highest BCUT2D eigenvalue weighted by Gasteiger charge is 2.27. The van der Waals surface area contributed by atoms with Gasteiger partial charge in [0.15, 0.2) is 0 Å². The Labute approximate surface area is 125 Å². The molecule has 1 aliphatic heterocycles. The number of carbonyl (C=O) groups is 1. The van der Waals surface area contributed by atoms with Crippen molar-refractivity contribution in [3.8, 4) is 6.07 Å². The Balaban J connectivity index is 1.76. The Morgan fingerprint density at radius 2 is 2.19 bits per heavy atom. The number of hydrogen-bond donors (Lipinski definition) is 2. The number of nitrogens with one attached hydrogen (secondary N) is 1. The Morgan fingerprint density at radius 1 is 1.48 bits per heavy atom. The zero-order chi connectivity index (χ0) is 15.3. The van der Waals surface area contributed by atoms with Gasteiger partial charge in [-0.05, 0) is 38.0 Å². The molecule has 0 radical (unpaired) electrons. The molecule has 1 heterocycles. The highest BCUT2D eigenvalue weighted by molar-refractivity contribution is 5.90. The first kappa shape index (κ1) is 15.5. The number of carbonyl (C=O) groups excluding carboxylic acids is 1. The van der Waals surface area contributed by atoms with E-state index in [1.54, 1.807) is 24.3 Å². The fourth-order valence-electron chi connectivity index (χ4n) is 2.41. The molecular weight excluding hydrogens is 266 g/mol. The summed E-state index contributed by atoms with van der Waals surface area (Å²) in [5.41, 5.74) is 0.628. The van der Waals surface area contributed by atoms with Crippen LogP contribution in [0.5, 0.6) is 0 Å². The molecule has 0 spiro atoms. The fraction of sp³-hybridized carbons (Fsp3) is 0.500. The Bertz CT molecular complexity index is 539. The van der Waals surface area contributed by atoms with Gasteiger partial charge in [0, 0.05) is 31.7 Å². The van der Waals surface area contributed by atoms with Crippen molar-refractivity contribution in [2.45, 2.75) is 31.8 Å². The molecule has 21 heavy (non-hydrogen) atoms. The summed E-state index contributed by atoms with van der Waals surface area (Å²) in [7, 11) is 0. The van der Waals surface area contributed by atoms with E-state index in [0.717, 1.165) is 25.9 Å². The summed E-state index contributed by atoms with van der Waals surface area (Å²) in [5.74, 6) is -0.0533. The molecule has 0 saturated carbocycles. The molecule has 2 rings (SSSR count). The molecular formula is C16H21N3O2. The molecule has 1 aromatic rings. The molecule has 1 aliphatic rings. The molecule has 0 atom stereocenters. The van der Waals surface area contributed by atoms with E-state index in [-0.39, 0.29) is 5.91 Å². The zero-order valence-corrected chi connectivity index (χ0v) is 12.3. The van der Waals surface area contributed by atoms with Gasteiger partial charge in [0.05, 0.1) is 17.2 Å². The van der Waals surface area contributed by atoms with Crippen LogP contribution in [0.25, 0.3) is 0 Å². The average molecular weight is 287 g/mol. The number of benzene rings is 1. The molecule has 1 fully saturated rings. The average Bonchev–Trinajstić information content (AvgIpc) is 2.46. The summed E-state index contributed by atoms with van der Waals surface area (Å²) in [4.78, 5) is 14.1.